The van der Waals surface area contributed by atoms with Crippen molar-refractivity contribution in [3.8, 4) is 0 Å². The van der Waals surface area contributed by atoms with Crippen LogP contribution in [0, 0.1) is 32.1 Å². The van der Waals surface area contributed by atoms with Gasteiger partial charge in [-0.05, 0) is 18.9 Å². The number of carbonyl (C=O) groups is 4. The van der Waals surface area contributed by atoms with Gasteiger partial charge in [0, 0.05) is 23.8 Å². The largest absolute Gasteiger partial charge is 0.292 e. The van der Waals surface area contributed by atoms with Gasteiger partial charge in [-0.1, -0.05) is 36.4 Å². The minimum atomic E-state index is -1.09. The molecule has 1 aliphatic carbocycles. The van der Waals surface area contributed by atoms with Crippen molar-refractivity contribution in [3.05, 3.63) is 92.0 Å². The number of ketones is 1. The molecule has 3 amide bonds. The van der Waals surface area contributed by atoms with E-state index in [2.05, 4.69) is 0 Å². The average Bonchev–Trinajstić information content (AvgIpc) is 3.12. The van der Waals surface area contributed by atoms with Gasteiger partial charge in [-0.3, -0.25) is 39.4 Å². The third-order valence-electron chi connectivity index (χ3n) is 5.96. The molecule has 0 bridgehead atoms. The van der Waals surface area contributed by atoms with Crippen molar-refractivity contribution in [2.45, 2.75) is 12.8 Å². The van der Waals surface area contributed by atoms with Crippen LogP contribution in [0.5, 0.6) is 0 Å². The number of para-hydroxylation sites is 1. The number of Topliss-reactive ketones (excluding diaryl/α,β-unsaturated/α-hetero) is 1. The van der Waals surface area contributed by atoms with Gasteiger partial charge in [-0.25, -0.2) is 5.01 Å². The van der Waals surface area contributed by atoms with Gasteiger partial charge in [-0.15, -0.1) is 0 Å². The monoisotopic (exact) mass is 478 g/mol. The van der Waals surface area contributed by atoms with Crippen LogP contribution in [0.25, 0.3) is 0 Å². The molecule has 35 heavy (non-hydrogen) atoms. The summed E-state index contributed by atoms with van der Waals surface area (Å²) >= 11 is 0. The Labute approximate surface area is 197 Å². The molecule has 1 aliphatic heterocycles. The van der Waals surface area contributed by atoms with Gasteiger partial charge in [0.25, 0.3) is 29.1 Å². The van der Waals surface area contributed by atoms with Crippen LogP contribution in [0.1, 0.15) is 33.6 Å². The molecule has 2 aromatic carbocycles. The number of hydrogen-bond donors (Lipinski definition) is 0. The Morgan fingerprint density at radius 2 is 1.54 bits per heavy atom. The molecular formula is C23H18N4O8. The third-order valence-corrected chi connectivity index (χ3v) is 5.96. The number of nitro groups is 2. The highest BCUT2D eigenvalue weighted by Gasteiger charge is 2.51. The van der Waals surface area contributed by atoms with Crippen LogP contribution in [0.15, 0.2) is 60.7 Å². The highest BCUT2D eigenvalue weighted by molar-refractivity contribution is 6.10. The molecule has 0 saturated carbocycles. The third kappa shape index (κ3) is 4.28. The van der Waals surface area contributed by atoms with Gasteiger partial charge in [0.05, 0.1) is 21.7 Å². The van der Waals surface area contributed by atoms with Crippen LogP contribution in [0.3, 0.4) is 0 Å². The van der Waals surface area contributed by atoms with Crippen LogP contribution >= 0.6 is 0 Å². The average molecular weight is 478 g/mol. The standard InChI is InChI=1S/C23H18N4O8/c28-20(14-6-5-7-15(12-14)26(32)33)13-24(21(29)18-10-3-4-11-19(18)27(34)35)25-22(30)16-8-1-2-9-17(16)23(25)31/h1-7,10-12,16-17H,8-9,13H2/t16-,17+. The first-order valence-corrected chi connectivity index (χ1v) is 10.6. The van der Waals surface area contributed by atoms with E-state index in [1.165, 1.54) is 30.3 Å². The maximum atomic E-state index is 13.5. The highest BCUT2D eigenvalue weighted by Crippen LogP contribution is 2.36. The number of non-ortho nitro benzene ring substituents is 1. The zero-order chi connectivity index (χ0) is 25.3. The van der Waals surface area contributed by atoms with E-state index in [9.17, 15) is 39.4 Å². The lowest BCUT2D eigenvalue weighted by molar-refractivity contribution is -0.385. The van der Waals surface area contributed by atoms with Gasteiger partial charge in [-0.2, -0.15) is 5.01 Å². The Morgan fingerprint density at radius 3 is 2.14 bits per heavy atom. The van der Waals surface area contributed by atoms with Crippen LogP contribution in [0.4, 0.5) is 11.4 Å². The number of hydrogen-bond acceptors (Lipinski definition) is 8. The predicted octanol–water partition coefficient (Wildman–Crippen LogP) is 2.69. The molecule has 0 N–H and O–H groups in total. The van der Waals surface area contributed by atoms with Crippen LogP contribution in [0.2, 0.25) is 0 Å². The maximum Gasteiger partial charge on any atom is 0.282 e. The normalized spacial score (nSPS) is 18.8. The van der Waals surface area contributed by atoms with Gasteiger partial charge < -0.3 is 0 Å². The Bertz CT molecular complexity index is 1280. The van der Waals surface area contributed by atoms with Crippen molar-refractivity contribution in [2.75, 3.05) is 6.54 Å². The number of benzene rings is 2. The number of rotatable bonds is 7. The second-order valence-electron chi connectivity index (χ2n) is 8.01. The van der Waals surface area contributed by atoms with Gasteiger partial charge in [0.15, 0.2) is 5.78 Å². The number of amides is 3. The van der Waals surface area contributed by atoms with E-state index in [0.717, 1.165) is 18.2 Å². The summed E-state index contributed by atoms with van der Waals surface area (Å²) in [5.74, 6) is -4.71. The number of imide groups is 1. The highest BCUT2D eigenvalue weighted by atomic mass is 16.6. The van der Waals surface area contributed by atoms with E-state index < -0.39 is 63.0 Å². The Kier molecular flexibility index (Phi) is 6.19. The van der Waals surface area contributed by atoms with Crippen LogP contribution in [-0.4, -0.2) is 49.9 Å². The number of carbonyl (C=O) groups excluding carboxylic acids is 4. The second kappa shape index (κ2) is 9.25. The maximum absolute atomic E-state index is 13.5. The van der Waals surface area contributed by atoms with E-state index in [0.29, 0.717) is 10.0 Å². The first-order valence-electron chi connectivity index (χ1n) is 10.6. The summed E-state index contributed by atoms with van der Waals surface area (Å²) in [6, 6.07) is 9.73. The molecule has 4 rings (SSSR count). The molecule has 12 nitrogen and oxygen atoms in total. The number of allylic oxidation sites excluding steroid dienone is 2. The van der Waals surface area contributed by atoms with E-state index in [4.69, 9.17) is 0 Å². The summed E-state index contributed by atoms with van der Waals surface area (Å²) in [5, 5.41) is 23.8. The minimum absolute atomic E-state index is 0.127. The molecule has 178 valence electrons. The molecule has 0 aromatic heterocycles. The van der Waals surface area contributed by atoms with E-state index >= 15 is 0 Å². The fourth-order valence-corrected chi connectivity index (χ4v) is 4.23. The molecule has 1 fully saturated rings. The molecule has 1 saturated heterocycles. The molecule has 2 aromatic rings. The molecule has 0 radical (unpaired) electrons. The first-order chi connectivity index (χ1) is 16.7. The summed E-state index contributed by atoms with van der Waals surface area (Å²) in [5.41, 5.74) is -1.48. The zero-order valence-corrected chi connectivity index (χ0v) is 18.1. The lowest BCUT2D eigenvalue weighted by Crippen LogP contribution is -2.52. The van der Waals surface area contributed by atoms with Crippen molar-refractivity contribution in [1.82, 2.24) is 10.0 Å². The first kappa shape index (κ1) is 23.4. The Morgan fingerprint density at radius 1 is 0.914 bits per heavy atom. The molecule has 2 atom stereocenters. The molecule has 12 heteroatoms. The van der Waals surface area contributed by atoms with Gasteiger partial charge >= 0.3 is 0 Å². The molecule has 0 spiro atoms. The van der Waals surface area contributed by atoms with E-state index in [-0.39, 0.29) is 24.1 Å². The van der Waals surface area contributed by atoms with Crippen molar-refractivity contribution in [1.29, 1.82) is 0 Å². The number of hydrazine groups is 1. The number of nitrogens with zero attached hydrogens (tertiary/aromatic N) is 4. The fraction of sp³-hybridized carbons (Fsp3) is 0.217. The lowest BCUT2D eigenvalue weighted by Gasteiger charge is -2.30. The van der Waals surface area contributed by atoms with Crippen LogP contribution in [-0.2, 0) is 9.59 Å². The summed E-state index contributed by atoms with van der Waals surface area (Å²) in [6.45, 7) is -0.837. The molecule has 2 aliphatic rings. The summed E-state index contributed by atoms with van der Waals surface area (Å²) in [4.78, 5) is 74.0. The topological polar surface area (TPSA) is 161 Å². The summed E-state index contributed by atoms with van der Waals surface area (Å²) in [7, 11) is 0. The number of fused-ring (bicyclic) bond motifs is 1. The molecule has 1 heterocycles. The van der Waals surface area contributed by atoms with Gasteiger partial charge in [0.2, 0.25) is 0 Å². The second-order valence-corrected chi connectivity index (χ2v) is 8.01. The van der Waals surface area contributed by atoms with Crippen molar-refractivity contribution >= 4 is 34.9 Å². The lowest BCUT2D eigenvalue weighted by atomic mass is 9.85. The Balaban J connectivity index is 1.75. The predicted molar refractivity (Wildman–Crippen MR) is 119 cm³/mol. The van der Waals surface area contributed by atoms with E-state index in [1.54, 1.807) is 12.2 Å². The molecule has 0 unspecified atom stereocenters. The van der Waals surface area contributed by atoms with Crippen molar-refractivity contribution in [3.63, 3.8) is 0 Å². The van der Waals surface area contributed by atoms with Crippen molar-refractivity contribution < 1.29 is 29.0 Å². The quantitative estimate of drug-likeness (QED) is 0.193. The fourth-order valence-electron chi connectivity index (χ4n) is 4.23. The minimum Gasteiger partial charge on any atom is -0.292 e. The Hall–Kier alpha value is -4.74. The smallest absolute Gasteiger partial charge is 0.282 e. The van der Waals surface area contributed by atoms with E-state index in [1.807, 2.05) is 0 Å². The summed E-state index contributed by atoms with van der Waals surface area (Å²) in [6.07, 6.45) is 4.05. The summed E-state index contributed by atoms with van der Waals surface area (Å²) < 4.78 is 0. The SMILES string of the molecule is O=C(CN(C(=O)c1ccccc1[N+](=O)[O-])N1C(=O)[C@H]2CC=CC[C@H]2C1=O)c1cccc([N+](=O)[O-])c1. The van der Waals surface area contributed by atoms with Crippen molar-refractivity contribution in [2.24, 2.45) is 11.8 Å². The van der Waals surface area contributed by atoms with Gasteiger partial charge in [0.1, 0.15) is 12.1 Å². The van der Waals surface area contributed by atoms with Crippen LogP contribution < -0.4 is 0 Å². The number of nitro benzene ring substituents is 2. The zero-order valence-electron chi connectivity index (χ0n) is 18.1. The molecular weight excluding hydrogens is 460 g/mol.